The molecule has 1 N–H and O–H groups in total. The molecule has 2 aromatic heterocycles. The number of fused-ring (bicyclic) bond motifs is 1. The van der Waals surface area contributed by atoms with Crippen LogP contribution in [0.3, 0.4) is 0 Å². The monoisotopic (exact) mass is 359 g/mol. The summed E-state index contributed by atoms with van der Waals surface area (Å²) in [5, 5.41) is 11.4. The predicted octanol–water partition coefficient (Wildman–Crippen LogP) is 2.87. The summed E-state index contributed by atoms with van der Waals surface area (Å²) >= 11 is 1.07. The number of aromatic nitrogens is 2. The smallest absolute Gasteiger partial charge is 0.349 e. The molecule has 3 rings (SSSR count). The zero-order valence-corrected chi connectivity index (χ0v) is 14.2. The maximum absolute atomic E-state index is 12.4. The molecule has 0 aliphatic rings. The zero-order chi connectivity index (χ0) is 18.1. The third kappa shape index (κ3) is 3.13. The van der Waals surface area contributed by atoms with Crippen LogP contribution in [0.5, 0.6) is 0 Å². The van der Waals surface area contributed by atoms with Gasteiger partial charge in [-0.1, -0.05) is 12.1 Å². The number of aromatic amines is 1. The first-order valence-corrected chi connectivity index (χ1v) is 8.09. The molecule has 3 aromatic rings. The van der Waals surface area contributed by atoms with Crippen LogP contribution in [-0.4, -0.2) is 20.9 Å². The van der Waals surface area contributed by atoms with Crippen molar-refractivity contribution in [1.82, 2.24) is 9.97 Å². The minimum Gasteiger partial charge on any atom is -0.456 e. The van der Waals surface area contributed by atoms with Crippen molar-refractivity contribution >= 4 is 33.2 Å². The SMILES string of the molecule is Cc1nc2sc(C(=O)OCc3ccccc3[N+](=O)[O-])c(C)c2c(=O)[nH]1. The Kier molecular flexibility index (Phi) is 4.32. The Morgan fingerprint density at radius 3 is 2.80 bits per heavy atom. The number of hydrogen-bond donors (Lipinski definition) is 1. The first-order chi connectivity index (χ1) is 11.9. The number of nitrogens with one attached hydrogen (secondary N) is 1. The van der Waals surface area contributed by atoms with Crippen LogP contribution in [0.25, 0.3) is 10.2 Å². The van der Waals surface area contributed by atoms with E-state index in [9.17, 15) is 19.7 Å². The van der Waals surface area contributed by atoms with Gasteiger partial charge in [-0.15, -0.1) is 11.3 Å². The number of carbonyl (C=O) groups excluding carboxylic acids is 1. The largest absolute Gasteiger partial charge is 0.456 e. The van der Waals surface area contributed by atoms with Gasteiger partial charge in [0, 0.05) is 6.07 Å². The Morgan fingerprint density at radius 1 is 1.36 bits per heavy atom. The quantitative estimate of drug-likeness (QED) is 0.435. The van der Waals surface area contributed by atoms with Crippen molar-refractivity contribution < 1.29 is 14.5 Å². The first kappa shape index (κ1) is 16.8. The van der Waals surface area contributed by atoms with Crippen molar-refractivity contribution in [2.75, 3.05) is 0 Å². The summed E-state index contributed by atoms with van der Waals surface area (Å²) < 4.78 is 5.21. The Labute approximate surface area is 145 Å². The van der Waals surface area contributed by atoms with E-state index >= 15 is 0 Å². The third-order valence-electron chi connectivity index (χ3n) is 3.65. The van der Waals surface area contributed by atoms with Crippen molar-refractivity contribution in [2.45, 2.75) is 20.5 Å². The van der Waals surface area contributed by atoms with E-state index in [-0.39, 0.29) is 22.7 Å². The fraction of sp³-hybridized carbons (Fsp3) is 0.188. The van der Waals surface area contributed by atoms with Crippen LogP contribution in [0.15, 0.2) is 29.1 Å². The second-order valence-electron chi connectivity index (χ2n) is 5.35. The summed E-state index contributed by atoms with van der Waals surface area (Å²) in [6.45, 7) is 3.07. The van der Waals surface area contributed by atoms with Crippen LogP contribution in [0.4, 0.5) is 5.69 Å². The highest BCUT2D eigenvalue weighted by Crippen LogP contribution is 2.28. The normalized spacial score (nSPS) is 10.8. The van der Waals surface area contributed by atoms with Crippen LogP contribution in [0.2, 0.25) is 0 Å². The average Bonchev–Trinajstić information content (AvgIpc) is 2.89. The first-order valence-electron chi connectivity index (χ1n) is 7.28. The number of H-pyrrole nitrogens is 1. The molecule has 128 valence electrons. The molecule has 0 saturated carbocycles. The van der Waals surface area contributed by atoms with E-state index in [4.69, 9.17) is 4.74 Å². The van der Waals surface area contributed by atoms with E-state index in [0.717, 1.165) is 11.3 Å². The van der Waals surface area contributed by atoms with Gasteiger partial charge >= 0.3 is 5.97 Å². The molecular formula is C16H13N3O5S. The minimum absolute atomic E-state index is 0.114. The molecule has 0 spiro atoms. The highest BCUT2D eigenvalue weighted by Gasteiger charge is 2.21. The lowest BCUT2D eigenvalue weighted by atomic mass is 10.2. The maximum atomic E-state index is 12.4. The molecule has 2 heterocycles. The molecule has 0 atom stereocenters. The Bertz CT molecular complexity index is 1050. The fourth-order valence-electron chi connectivity index (χ4n) is 2.47. The fourth-order valence-corrected chi connectivity index (χ4v) is 3.59. The number of nitro groups is 1. The van der Waals surface area contributed by atoms with Gasteiger partial charge in [-0.2, -0.15) is 0 Å². The molecule has 9 heteroatoms. The number of aryl methyl sites for hydroxylation is 2. The lowest BCUT2D eigenvalue weighted by Gasteiger charge is -2.05. The van der Waals surface area contributed by atoms with E-state index < -0.39 is 10.9 Å². The average molecular weight is 359 g/mol. The third-order valence-corrected chi connectivity index (χ3v) is 4.82. The summed E-state index contributed by atoms with van der Waals surface area (Å²) in [4.78, 5) is 42.4. The Hall–Kier alpha value is -3.07. The number of rotatable bonds is 4. The lowest BCUT2D eigenvalue weighted by molar-refractivity contribution is -0.385. The number of nitro benzene ring substituents is 1. The van der Waals surface area contributed by atoms with Gasteiger partial charge in [0.1, 0.15) is 22.1 Å². The number of ether oxygens (including phenoxy) is 1. The van der Waals surface area contributed by atoms with Gasteiger partial charge in [-0.25, -0.2) is 9.78 Å². The topological polar surface area (TPSA) is 115 Å². The van der Waals surface area contributed by atoms with E-state index in [0.29, 0.717) is 27.2 Å². The highest BCUT2D eigenvalue weighted by atomic mass is 32.1. The molecule has 0 amide bonds. The van der Waals surface area contributed by atoms with Gasteiger partial charge in [0.15, 0.2) is 0 Å². The lowest BCUT2D eigenvalue weighted by Crippen LogP contribution is -2.10. The molecule has 0 aliphatic carbocycles. The molecule has 0 bridgehead atoms. The van der Waals surface area contributed by atoms with Crippen LogP contribution < -0.4 is 5.56 Å². The van der Waals surface area contributed by atoms with Crippen molar-refractivity contribution in [3.63, 3.8) is 0 Å². The van der Waals surface area contributed by atoms with Crippen molar-refractivity contribution in [1.29, 1.82) is 0 Å². The summed E-state index contributed by atoms with van der Waals surface area (Å²) in [6.07, 6.45) is 0. The van der Waals surface area contributed by atoms with Crippen molar-refractivity contribution in [3.8, 4) is 0 Å². The van der Waals surface area contributed by atoms with Crippen LogP contribution in [-0.2, 0) is 11.3 Å². The Morgan fingerprint density at radius 2 is 2.08 bits per heavy atom. The number of hydrogen-bond acceptors (Lipinski definition) is 7. The van der Waals surface area contributed by atoms with Gasteiger partial charge in [0.05, 0.1) is 15.9 Å². The van der Waals surface area contributed by atoms with E-state index in [1.54, 1.807) is 26.0 Å². The number of nitrogens with zero attached hydrogens (tertiary/aromatic N) is 2. The minimum atomic E-state index is -0.643. The molecule has 25 heavy (non-hydrogen) atoms. The number of carbonyl (C=O) groups is 1. The van der Waals surface area contributed by atoms with Crippen LogP contribution in [0.1, 0.15) is 26.6 Å². The highest BCUT2D eigenvalue weighted by molar-refractivity contribution is 7.20. The number of thiophene rings is 1. The number of para-hydroxylation sites is 1. The number of benzene rings is 1. The van der Waals surface area contributed by atoms with Crippen molar-refractivity contribution in [2.24, 2.45) is 0 Å². The molecular weight excluding hydrogens is 346 g/mol. The summed E-state index contributed by atoms with van der Waals surface area (Å²) in [7, 11) is 0. The van der Waals surface area contributed by atoms with E-state index in [1.807, 2.05) is 0 Å². The van der Waals surface area contributed by atoms with Crippen molar-refractivity contribution in [3.05, 3.63) is 66.6 Å². The molecule has 0 saturated heterocycles. The van der Waals surface area contributed by atoms with E-state index in [2.05, 4.69) is 9.97 Å². The molecule has 0 aliphatic heterocycles. The molecule has 0 fully saturated rings. The molecule has 0 unspecified atom stereocenters. The van der Waals surface area contributed by atoms with Crippen LogP contribution in [0, 0.1) is 24.0 Å². The number of esters is 1. The zero-order valence-electron chi connectivity index (χ0n) is 13.4. The van der Waals surface area contributed by atoms with Crippen LogP contribution >= 0.6 is 11.3 Å². The van der Waals surface area contributed by atoms with Gasteiger partial charge in [0.25, 0.3) is 11.2 Å². The maximum Gasteiger partial charge on any atom is 0.349 e. The second kappa shape index (κ2) is 6.44. The Balaban J connectivity index is 1.89. The molecule has 0 radical (unpaired) electrons. The second-order valence-corrected chi connectivity index (χ2v) is 6.35. The van der Waals surface area contributed by atoms with Gasteiger partial charge in [-0.3, -0.25) is 14.9 Å². The van der Waals surface area contributed by atoms with E-state index in [1.165, 1.54) is 12.1 Å². The molecule has 8 nitrogen and oxygen atoms in total. The summed E-state index contributed by atoms with van der Waals surface area (Å²) in [5.41, 5.74) is 0.360. The van der Waals surface area contributed by atoms with Gasteiger partial charge in [0.2, 0.25) is 0 Å². The predicted molar refractivity (Wildman–Crippen MR) is 91.9 cm³/mol. The molecule has 1 aromatic carbocycles. The summed E-state index contributed by atoms with van der Waals surface area (Å²) in [5.74, 6) is -0.186. The standard InChI is InChI=1S/C16H13N3O5S/c1-8-12-14(20)17-9(2)18-15(12)25-13(8)16(21)24-7-10-5-3-4-6-11(10)19(22)23/h3-6H,7H2,1-2H3,(H,17,18,20). The van der Waals surface area contributed by atoms with Gasteiger partial charge in [-0.05, 0) is 25.5 Å². The summed E-state index contributed by atoms with van der Waals surface area (Å²) in [6, 6.07) is 6.05. The van der Waals surface area contributed by atoms with Gasteiger partial charge < -0.3 is 9.72 Å².